The summed E-state index contributed by atoms with van der Waals surface area (Å²) >= 11 is 0. The van der Waals surface area contributed by atoms with Gasteiger partial charge in [0.2, 0.25) is 5.78 Å². The molecular formula is C16H11F2NO2. The zero-order valence-electron chi connectivity index (χ0n) is 11.1. The highest BCUT2D eigenvalue weighted by molar-refractivity contribution is 5.99. The molecule has 0 aromatic heterocycles. The van der Waals surface area contributed by atoms with Crippen LogP contribution in [0.5, 0.6) is 5.75 Å². The van der Waals surface area contributed by atoms with Crippen molar-refractivity contribution in [2.75, 3.05) is 0 Å². The molecule has 0 N–H and O–H groups in total. The molecule has 1 atom stereocenters. The Hall–Kier alpha value is -2.74. The third-order valence-corrected chi connectivity index (χ3v) is 2.87. The van der Waals surface area contributed by atoms with Gasteiger partial charge in [0.15, 0.2) is 17.7 Å². The van der Waals surface area contributed by atoms with Crippen LogP contribution >= 0.6 is 0 Å². The van der Waals surface area contributed by atoms with E-state index >= 15 is 0 Å². The number of nitrogens with zero attached hydrogens (tertiary/aromatic N) is 1. The van der Waals surface area contributed by atoms with Crippen molar-refractivity contribution in [3.8, 4) is 11.8 Å². The van der Waals surface area contributed by atoms with Crippen molar-refractivity contribution in [2.24, 2.45) is 0 Å². The fourth-order valence-corrected chi connectivity index (χ4v) is 1.75. The van der Waals surface area contributed by atoms with E-state index in [1.165, 1.54) is 13.0 Å². The molecular weight excluding hydrogens is 276 g/mol. The Morgan fingerprint density at radius 3 is 2.38 bits per heavy atom. The van der Waals surface area contributed by atoms with Crippen molar-refractivity contribution in [2.45, 2.75) is 13.0 Å². The van der Waals surface area contributed by atoms with Gasteiger partial charge in [0.05, 0.1) is 11.6 Å². The predicted octanol–water partition coefficient (Wildman–Crippen LogP) is 3.49. The van der Waals surface area contributed by atoms with Gasteiger partial charge in [0.25, 0.3) is 0 Å². The predicted molar refractivity (Wildman–Crippen MR) is 71.9 cm³/mol. The summed E-state index contributed by atoms with van der Waals surface area (Å²) in [6.07, 6.45) is -0.859. The van der Waals surface area contributed by atoms with Gasteiger partial charge in [-0.05, 0) is 49.4 Å². The van der Waals surface area contributed by atoms with Crippen LogP contribution in [0.1, 0.15) is 22.8 Å². The number of rotatable bonds is 4. The summed E-state index contributed by atoms with van der Waals surface area (Å²) in [5.74, 6) is -2.13. The lowest BCUT2D eigenvalue weighted by Crippen LogP contribution is -2.24. The molecule has 0 saturated heterocycles. The van der Waals surface area contributed by atoms with Crippen LogP contribution in [0.15, 0.2) is 42.5 Å². The van der Waals surface area contributed by atoms with Crippen LogP contribution in [-0.4, -0.2) is 11.9 Å². The Labute approximate surface area is 120 Å². The third-order valence-electron chi connectivity index (χ3n) is 2.87. The second kappa shape index (κ2) is 6.14. The van der Waals surface area contributed by atoms with Crippen molar-refractivity contribution < 1.29 is 18.3 Å². The van der Waals surface area contributed by atoms with E-state index in [1.54, 1.807) is 24.3 Å². The Kier molecular flexibility index (Phi) is 4.29. The molecule has 0 unspecified atom stereocenters. The normalized spacial score (nSPS) is 11.5. The summed E-state index contributed by atoms with van der Waals surface area (Å²) in [6.45, 7) is 1.52. The maximum Gasteiger partial charge on any atom is 0.203 e. The first kappa shape index (κ1) is 14.7. The highest BCUT2D eigenvalue weighted by atomic mass is 19.2. The van der Waals surface area contributed by atoms with Crippen LogP contribution in [-0.2, 0) is 0 Å². The van der Waals surface area contributed by atoms with Gasteiger partial charge < -0.3 is 4.74 Å². The van der Waals surface area contributed by atoms with Crippen LogP contribution in [0.25, 0.3) is 0 Å². The number of carbonyl (C=O) groups excluding carboxylic acids is 1. The second-order valence-electron chi connectivity index (χ2n) is 4.39. The molecule has 2 aromatic carbocycles. The number of ether oxygens (including phenoxy) is 1. The maximum atomic E-state index is 13.1. The van der Waals surface area contributed by atoms with E-state index < -0.39 is 23.5 Å². The average molecular weight is 287 g/mol. The summed E-state index contributed by atoms with van der Waals surface area (Å²) < 4.78 is 31.4. The SMILES string of the molecule is C[C@H](Oc1ccc(C#N)cc1)C(=O)c1ccc(F)c(F)c1. The Balaban J connectivity index is 2.11. The summed E-state index contributed by atoms with van der Waals surface area (Å²) in [5.41, 5.74) is 0.511. The molecule has 21 heavy (non-hydrogen) atoms. The van der Waals surface area contributed by atoms with Crippen LogP contribution in [0.4, 0.5) is 8.78 Å². The standard InChI is InChI=1S/C16H11F2NO2/c1-10(21-13-5-2-11(9-19)3-6-13)16(20)12-4-7-14(17)15(18)8-12/h2-8,10H,1H3/t10-/m0/s1. The van der Waals surface area contributed by atoms with E-state index in [4.69, 9.17) is 10.00 Å². The minimum atomic E-state index is -1.08. The van der Waals surface area contributed by atoms with Crippen molar-refractivity contribution in [3.63, 3.8) is 0 Å². The zero-order chi connectivity index (χ0) is 15.4. The number of benzene rings is 2. The molecule has 0 amide bonds. The first-order valence-corrected chi connectivity index (χ1v) is 6.17. The Bertz CT molecular complexity index is 705. The number of ketones is 1. The molecule has 0 spiro atoms. The highest BCUT2D eigenvalue weighted by Gasteiger charge is 2.18. The third kappa shape index (κ3) is 3.42. The Morgan fingerprint density at radius 1 is 1.14 bits per heavy atom. The van der Waals surface area contributed by atoms with E-state index in [-0.39, 0.29) is 5.56 Å². The summed E-state index contributed by atoms with van der Waals surface area (Å²) in [7, 11) is 0. The first-order valence-electron chi connectivity index (χ1n) is 6.17. The molecule has 2 aromatic rings. The van der Waals surface area contributed by atoms with Gasteiger partial charge in [-0.2, -0.15) is 5.26 Å². The molecule has 0 aliphatic carbocycles. The number of halogens is 2. The second-order valence-corrected chi connectivity index (χ2v) is 4.39. The van der Waals surface area contributed by atoms with E-state index in [9.17, 15) is 13.6 Å². The van der Waals surface area contributed by atoms with Crippen molar-refractivity contribution in [3.05, 3.63) is 65.2 Å². The number of carbonyl (C=O) groups is 1. The van der Waals surface area contributed by atoms with Crippen LogP contribution in [0.2, 0.25) is 0 Å². The first-order chi connectivity index (χ1) is 10.0. The van der Waals surface area contributed by atoms with E-state index in [0.717, 1.165) is 12.1 Å². The van der Waals surface area contributed by atoms with E-state index in [0.29, 0.717) is 11.3 Å². The number of nitriles is 1. The molecule has 0 radical (unpaired) electrons. The van der Waals surface area contributed by atoms with Gasteiger partial charge in [-0.1, -0.05) is 0 Å². The summed E-state index contributed by atoms with van der Waals surface area (Å²) in [5, 5.41) is 8.68. The molecule has 2 rings (SSSR count). The molecule has 0 bridgehead atoms. The van der Waals surface area contributed by atoms with Crippen LogP contribution in [0.3, 0.4) is 0 Å². The molecule has 0 fully saturated rings. The molecule has 5 heteroatoms. The average Bonchev–Trinajstić information content (AvgIpc) is 2.50. The van der Waals surface area contributed by atoms with Gasteiger partial charge in [0.1, 0.15) is 5.75 Å². The molecule has 0 aliphatic rings. The largest absolute Gasteiger partial charge is 0.483 e. The lowest BCUT2D eigenvalue weighted by Gasteiger charge is -2.13. The highest BCUT2D eigenvalue weighted by Crippen LogP contribution is 2.16. The number of Topliss-reactive ketones (excluding diaryl/α,β-unsaturated/α-hetero) is 1. The molecule has 106 valence electrons. The quantitative estimate of drug-likeness (QED) is 0.809. The minimum absolute atomic E-state index is 0.0371. The molecule has 0 saturated carbocycles. The smallest absolute Gasteiger partial charge is 0.203 e. The van der Waals surface area contributed by atoms with Gasteiger partial charge in [-0.25, -0.2) is 8.78 Å². The van der Waals surface area contributed by atoms with Gasteiger partial charge >= 0.3 is 0 Å². The van der Waals surface area contributed by atoms with Gasteiger partial charge in [-0.3, -0.25) is 4.79 Å². The summed E-state index contributed by atoms with van der Waals surface area (Å²) in [6, 6.07) is 11.2. The lowest BCUT2D eigenvalue weighted by atomic mass is 10.1. The zero-order valence-corrected chi connectivity index (χ0v) is 11.1. The fourth-order valence-electron chi connectivity index (χ4n) is 1.75. The monoisotopic (exact) mass is 287 g/mol. The van der Waals surface area contributed by atoms with Crippen molar-refractivity contribution in [1.82, 2.24) is 0 Å². The molecule has 0 heterocycles. The summed E-state index contributed by atoms with van der Waals surface area (Å²) in [4.78, 5) is 12.1. The van der Waals surface area contributed by atoms with Crippen LogP contribution < -0.4 is 4.74 Å². The van der Waals surface area contributed by atoms with Gasteiger partial charge in [0, 0.05) is 5.56 Å². The van der Waals surface area contributed by atoms with Crippen LogP contribution in [0, 0.1) is 23.0 Å². The molecule has 3 nitrogen and oxygen atoms in total. The van der Waals surface area contributed by atoms with E-state index in [1.807, 2.05) is 6.07 Å². The number of hydrogen-bond acceptors (Lipinski definition) is 3. The lowest BCUT2D eigenvalue weighted by molar-refractivity contribution is 0.0817. The minimum Gasteiger partial charge on any atom is -0.483 e. The van der Waals surface area contributed by atoms with Crippen molar-refractivity contribution in [1.29, 1.82) is 5.26 Å². The molecule has 0 aliphatic heterocycles. The maximum absolute atomic E-state index is 13.1. The Morgan fingerprint density at radius 2 is 1.81 bits per heavy atom. The topological polar surface area (TPSA) is 50.1 Å². The van der Waals surface area contributed by atoms with E-state index in [2.05, 4.69) is 0 Å². The number of hydrogen-bond donors (Lipinski definition) is 0. The van der Waals surface area contributed by atoms with Crippen molar-refractivity contribution >= 4 is 5.78 Å². The fraction of sp³-hybridized carbons (Fsp3) is 0.125. The van der Waals surface area contributed by atoms with Gasteiger partial charge in [-0.15, -0.1) is 0 Å².